The number of fused-ring (bicyclic) bond motifs is 1. The Kier molecular flexibility index (Phi) is 0.999. The van der Waals surface area contributed by atoms with Crippen LogP contribution in [0, 0.1) is 5.41 Å². The number of nitrogens with two attached hydrogens (primary N) is 1. The van der Waals surface area contributed by atoms with Gasteiger partial charge in [0.1, 0.15) is 11.4 Å². The molecule has 6 N–H and O–H groups in total. The number of hydrogen-bond acceptors (Lipinski definition) is 4. The Balaban J connectivity index is 2.67. The molecule has 1 aromatic heterocycles. The van der Waals surface area contributed by atoms with Gasteiger partial charge in [-0.1, -0.05) is 0 Å². The monoisotopic (exact) mass is 166 g/mol. The summed E-state index contributed by atoms with van der Waals surface area (Å²) in [5.41, 5.74) is 5.78. The fraction of sp³-hybridized carbons (Fsp3) is 0. The van der Waals surface area contributed by atoms with Crippen molar-refractivity contribution >= 4 is 23.0 Å². The van der Waals surface area contributed by atoms with Gasteiger partial charge in [-0.05, 0) is 0 Å². The maximum Gasteiger partial charge on any atom is 0.275 e. The first-order valence-corrected chi connectivity index (χ1v) is 3.22. The van der Waals surface area contributed by atoms with Crippen LogP contribution < -0.4 is 11.1 Å². The Morgan fingerprint density at radius 3 is 2.75 bits per heavy atom. The molecule has 1 aliphatic heterocycles. The predicted octanol–water partition coefficient (Wildman–Crippen LogP) is -0.378. The zero-order chi connectivity index (χ0) is 8.88. The summed E-state index contributed by atoms with van der Waals surface area (Å²) in [6, 6.07) is 0. The molecule has 2 rings (SSSR count). The van der Waals surface area contributed by atoms with E-state index >= 15 is 0 Å². The molecule has 1 aromatic rings. The summed E-state index contributed by atoms with van der Waals surface area (Å²) in [4.78, 5) is 13.3. The first-order chi connectivity index (χ1) is 5.61. The summed E-state index contributed by atoms with van der Waals surface area (Å²) >= 11 is 0. The van der Waals surface area contributed by atoms with Gasteiger partial charge in [-0.15, -0.1) is 0 Å². The van der Waals surface area contributed by atoms with E-state index in [1.807, 2.05) is 0 Å². The maximum absolute atomic E-state index is 10.9. The summed E-state index contributed by atoms with van der Waals surface area (Å²) in [7, 11) is 0. The van der Waals surface area contributed by atoms with E-state index in [1.165, 1.54) is 0 Å². The quantitative estimate of drug-likeness (QED) is 0.362. The topological polar surface area (TPSA) is 115 Å². The molecule has 0 saturated heterocycles. The lowest BCUT2D eigenvalue weighted by Crippen LogP contribution is -2.14. The molecule has 0 radical (unpaired) electrons. The fourth-order valence-electron chi connectivity index (χ4n) is 1.11. The van der Waals surface area contributed by atoms with E-state index in [0.29, 0.717) is 5.69 Å². The first-order valence-electron chi connectivity index (χ1n) is 3.22. The molecular formula is C6H6N4O2. The van der Waals surface area contributed by atoms with Crippen LogP contribution in [0.2, 0.25) is 0 Å². The highest BCUT2D eigenvalue weighted by Gasteiger charge is 2.30. The predicted molar refractivity (Wildman–Crippen MR) is 42.3 cm³/mol. The Labute approximate surface area is 66.9 Å². The van der Waals surface area contributed by atoms with E-state index in [-0.39, 0.29) is 23.0 Å². The number of hydrogen-bond donors (Lipinski definition) is 5. The Morgan fingerprint density at radius 2 is 2.17 bits per heavy atom. The van der Waals surface area contributed by atoms with E-state index in [2.05, 4.69) is 10.3 Å². The minimum absolute atomic E-state index is 0.0700. The molecule has 0 aromatic carbocycles. The smallest absolute Gasteiger partial charge is 0.275 e. The van der Waals surface area contributed by atoms with Crippen molar-refractivity contribution in [3.8, 4) is 5.88 Å². The number of H-pyrrole nitrogens is 1. The molecule has 0 fully saturated rings. The Hall–Kier alpha value is -1.98. The van der Waals surface area contributed by atoms with Crippen molar-refractivity contribution in [3.63, 3.8) is 0 Å². The highest BCUT2D eigenvalue weighted by molar-refractivity contribution is 6.53. The molecule has 0 saturated carbocycles. The van der Waals surface area contributed by atoms with E-state index in [1.54, 1.807) is 0 Å². The Morgan fingerprint density at radius 1 is 1.50 bits per heavy atom. The molecule has 2 heterocycles. The average molecular weight is 166 g/mol. The third-order valence-corrected chi connectivity index (χ3v) is 1.73. The third kappa shape index (κ3) is 0.584. The molecule has 0 bridgehead atoms. The first kappa shape index (κ1) is 6.71. The molecule has 0 spiro atoms. The largest absolute Gasteiger partial charge is 0.493 e. The van der Waals surface area contributed by atoms with Crippen LogP contribution in [0.5, 0.6) is 5.88 Å². The van der Waals surface area contributed by atoms with E-state index < -0.39 is 5.91 Å². The van der Waals surface area contributed by atoms with Crippen molar-refractivity contribution in [2.45, 2.75) is 0 Å². The maximum atomic E-state index is 10.9. The van der Waals surface area contributed by atoms with Crippen LogP contribution in [0.25, 0.3) is 0 Å². The van der Waals surface area contributed by atoms with E-state index in [0.717, 1.165) is 0 Å². The van der Waals surface area contributed by atoms with Crippen LogP contribution >= 0.6 is 0 Å². The van der Waals surface area contributed by atoms with Crippen LogP contribution in [-0.2, 0) is 4.79 Å². The normalized spacial score (nSPS) is 14.7. The van der Waals surface area contributed by atoms with Crippen LogP contribution in [0.4, 0.5) is 11.4 Å². The molecular weight excluding hydrogens is 160 g/mol. The highest BCUT2D eigenvalue weighted by Crippen LogP contribution is 2.35. The number of nitrogen functional groups attached to an aromatic ring is 1. The SMILES string of the molecule is N=C1C(=O)Nc2c1[nH]c(O)c2N. The van der Waals surface area contributed by atoms with E-state index in [4.69, 9.17) is 16.2 Å². The second kappa shape index (κ2) is 1.79. The standard InChI is InChI=1S/C6H6N4O2/c7-1-3-4(10-5(1)11)2(8)6(12)9-3/h10-11H,7H2,(H2,8,9,12). The number of aromatic nitrogens is 1. The lowest BCUT2D eigenvalue weighted by molar-refractivity contribution is -0.110. The van der Waals surface area contributed by atoms with Crippen LogP contribution in [-0.4, -0.2) is 21.7 Å². The number of aromatic amines is 1. The molecule has 12 heavy (non-hydrogen) atoms. The zero-order valence-corrected chi connectivity index (χ0v) is 5.93. The minimum Gasteiger partial charge on any atom is -0.493 e. The van der Waals surface area contributed by atoms with Crippen LogP contribution in [0.15, 0.2) is 0 Å². The lowest BCUT2D eigenvalue weighted by atomic mass is 10.3. The van der Waals surface area contributed by atoms with Gasteiger partial charge in [0.25, 0.3) is 5.91 Å². The summed E-state index contributed by atoms with van der Waals surface area (Å²) in [5, 5.41) is 18.7. The van der Waals surface area contributed by atoms with Gasteiger partial charge >= 0.3 is 0 Å². The van der Waals surface area contributed by atoms with Crippen LogP contribution in [0.1, 0.15) is 5.69 Å². The molecule has 1 aliphatic rings. The average Bonchev–Trinajstić information content (AvgIpc) is 2.43. The van der Waals surface area contributed by atoms with Gasteiger partial charge in [-0.2, -0.15) is 0 Å². The summed E-state index contributed by atoms with van der Waals surface area (Å²) in [5.74, 6) is -0.729. The lowest BCUT2D eigenvalue weighted by Gasteiger charge is -1.93. The van der Waals surface area contributed by atoms with Crippen molar-refractivity contribution in [1.82, 2.24) is 4.98 Å². The Bertz CT molecular complexity index is 392. The third-order valence-electron chi connectivity index (χ3n) is 1.73. The molecule has 1 amide bonds. The number of rotatable bonds is 0. The van der Waals surface area contributed by atoms with Crippen molar-refractivity contribution in [2.75, 3.05) is 11.1 Å². The van der Waals surface area contributed by atoms with Crippen molar-refractivity contribution < 1.29 is 9.90 Å². The number of carbonyl (C=O) groups is 1. The van der Waals surface area contributed by atoms with Crippen molar-refractivity contribution in [2.24, 2.45) is 0 Å². The molecule has 0 atom stereocenters. The summed E-state index contributed by atoms with van der Waals surface area (Å²) in [6.45, 7) is 0. The van der Waals surface area contributed by atoms with Gasteiger partial charge < -0.3 is 21.1 Å². The van der Waals surface area contributed by atoms with Gasteiger partial charge in [0, 0.05) is 0 Å². The molecule has 62 valence electrons. The molecule has 6 nitrogen and oxygen atoms in total. The minimum atomic E-state index is -0.511. The number of anilines is 2. The van der Waals surface area contributed by atoms with Crippen molar-refractivity contribution in [1.29, 1.82) is 5.41 Å². The molecule has 0 aliphatic carbocycles. The number of nitrogens with one attached hydrogen (secondary N) is 3. The van der Waals surface area contributed by atoms with Gasteiger partial charge in [0.2, 0.25) is 5.88 Å². The number of aromatic hydroxyl groups is 1. The second-order valence-corrected chi connectivity index (χ2v) is 2.47. The molecule has 6 heteroatoms. The van der Waals surface area contributed by atoms with Gasteiger partial charge in [-0.25, -0.2) is 0 Å². The number of carbonyl (C=O) groups excluding carboxylic acids is 1. The van der Waals surface area contributed by atoms with E-state index in [9.17, 15) is 4.79 Å². The zero-order valence-electron chi connectivity index (χ0n) is 5.93. The fourth-order valence-corrected chi connectivity index (χ4v) is 1.11. The van der Waals surface area contributed by atoms with Crippen molar-refractivity contribution in [3.05, 3.63) is 5.69 Å². The van der Waals surface area contributed by atoms with Gasteiger partial charge in [0.05, 0.1) is 11.4 Å². The second-order valence-electron chi connectivity index (χ2n) is 2.47. The number of amides is 1. The summed E-state index contributed by atoms with van der Waals surface area (Å²) < 4.78 is 0. The van der Waals surface area contributed by atoms with Crippen LogP contribution in [0.3, 0.4) is 0 Å². The van der Waals surface area contributed by atoms with Gasteiger partial charge in [-0.3, -0.25) is 10.2 Å². The summed E-state index contributed by atoms with van der Waals surface area (Å²) in [6.07, 6.45) is 0. The molecule has 0 unspecified atom stereocenters. The highest BCUT2D eigenvalue weighted by atomic mass is 16.3. The van der Waals surface area contributed by atoms with Gasteiger partial charge in [0.15, 0.2) is 0 Å².